The normalized spacial score (nSPS) is 12.6. The largest absolute Gasteiger partial charge is 0.505 e. The Morgan fingerprint density at radius 1 is 0.877 bits per heavy atom. The number of phenols is 1. The van der Waals surface area contributed by atoms with E-state index in [4.69, 9.17) is 24.6 Å². The van der Waals surface area contributed by atoms with Crippen LogP contribution in [0.3, 0.4) is 0 Å². The molecule has 0 atom stereocenters. The number of phenolic OH excluding ortho intramolecular Hbond substituents is 1. The highest BCUT2D eigenvalue weighted by Crippen LogP contribution is 2.50. The lowest BCUT2D eigenvalue weighted by molar-refractivity contribution is -0.432. The Hall–Kier alpha value is -4.45. The number of hydrogen-bond acceptors (Lipinski definition) is 21. The number of aromatic hydroxyl groups is 1. The molecule has 26 heteroatoms. The van der Waals surface area contributed by atoms with Gasteiger partial charge in [0.25, 0.3) is 20.2 Å². The highest BCUT2D eigenvalue weighted by atomic mass is 32.2. The van der Waals surface area contributed by atoms with Gasteiger partial charge >= 0.3 is 0 Å². The van der Waals surface area contributed by atoms with E-state index < -0.39 is 57.9 Å². The smallest absolute Gasteiger partial charge is 0.296 e. The first-order valence-corrected chi connectivity index (χ1v) is 21.8. The van der Waals surface area contributed by atoms with Gasteiger partial charge in [0.05, 0.1) is 69.3 Å². The summed E-state index contributed by atoms with van der Waals surface area (Å²) in [6.07, 6.45) is 1.10. The van der Waals surface area contributed by atoms with Crippen molar-refractivity contribution in [3.63, 3.8) is 0 Å². The summed E-state index contributed by atoms with van der Waals surface area (Å²) in [6, 6.07) is 11.0. The fourth-order valence-corrected chi connectivity index (χ4v) is 8.63. The molecule has 0 saturated heterocycles. The second kappa shape index (κ2) is 19.3. The molecule has 4 aromatic carbocycles. The molecule has 0 unspecified atom stereocenters. The van der Waals surface area contributed by atoms with Crippen LogP contribution in [0.25, 0.3) is 10.8 Å². The lowest BCUT2D eigenvalue weighted by atomic mass is 10.1. The van der Waals surface area contributed by atoms with Gasteiger partial charge in [-0.3, -0.25) is 9.11 Å². The fourth-order valence-electron chi connectivity index (χ4n) is 4.89. The van der Waals surface area contributed by atoms with Crippen molar-refractivity contribution in [2.45, 2.75) is 26.5 Å². The standard InChI is InChI=1S/C31H34N6O15S5/c1-5-49-51-53-21-8-6-20(7-9-21)33-35-29-24(54-52-50-39)15-19-16-26(57(45,46)47)30(31(38)27(19)28(29)32)36-34-22-14-18(2)25(17-23(22)48-4)55(40,41)12-10-37(3)11-13-56(42,43)44/h5-9,14-17,38-39H,1,10-13,32H2,2-4H3,(H,42,43,44)(H,45,46,47). The number of aryl methyl sites for hydroxylation is 1. The molecule has 4 aromatic rings. The van der Waals surface area contributed by atoms with Crippen molar-refractivity contribution in [2.75, 3.05) is 44.5 Å². The van der Waals surface area contributed by atoms with E-state index in [1.54, 1.807) is 24.3 Å². The molecule has 57 heavy (non-hydrogen) atoms. The summed E-state index contributed by atoms with van der Waals surface area (Å²) in [5.41, 5.74) is 5.65. The van der Waals surface area contributed by atoms with Crippen LogP contribution in [-0.4, -0.2) is 88.4 Å². The number of rotatable bonds is 20. The molecule has 0 spiro atoms. The van der Waals surface area contributed by atoms with Crippen molar-refractivity contribution in [3.05, 3.63) is 66.9 Å². The Bertz CT molecular complexity index is 2520. The summed E-state index contributed by atoms with van der Waals surface area (Å²) in [4.78, 5) is 5.60. The zero-order chi connectivity index (χ0) is 42.1. The van der Waals surface area contributed by atoms with Gasteiger partial charge in [-0.1, -0.05) is 11.6 Å². The van der Waals surface area contributed by atoms with E-state index in [1.807, 2.05) is 0 Å². The van der Waals surface area contributed by atoms with Crippen LogP contribution in [0.2, 0.25) is 0 Å². The first-order valence-electron chi connectivity index (χ1n) is 15.6. The summed E-state index contributed by atoms with van der Waals surface area (Å²) in [5.74, 6) is -2.02. The van der Waals surface area contributed by atoms with E-state index in [2.05, 4.69) is 41.3 Å². The van der Waals surface area contributed by atoms with Crippen LogP contribution in [0.15, 0.2) is 101 Å². The maximum absolute atomic E-state index is 13.3. The highest BCUT2D eigenvalue weighted by Gasteiger charge is 2.27. The average Bonchev–Trinajstić information content (AvgIpc) is 3.14. The van der Waals surface area contributed by atoms with E-state index in [0.717, 1.165) is 30.4 Å². The Morgan fingerprint density at radius 3 is 2.16 bits per heavy atom. The van der Waals surface area contributed by atoms with Gasteiger partial charge < -0.3 is 25.4 Å². The molecule has 6 N–H and O–H groups in total. The van der Waals surface area contributed by atoms with Crippen molar-refractivity contribution in [2.24, 2.45) is 20.5 Å². The molecule has 0 aliphatic heterocycles. The van der Waals surface area contributed by atoms with Gasteiger partial charge in [-0.05, 0) is 67.4 Å². The van der Waals surface area contributed by atoms with Crippen molar-refractivity contribution < 1.29 is 68.1 Å². The summed E-state index contributed by atoms with van der Waals surface area (Å²) in [6.45, 7) is 4.61. The molecule has 0 bridgehead atoms. The second-order valence-electron chi connectivity index (χ2n) is 11.5. The highest BCUT2D eigenvalue weighted by molar-refractivity contribution is 7.95. The number of anilines is 1. The zero-order valence-electron chi connectivity index (χ0n) is 29.9. The van der Waals surface area contributed by atoms with E-state index in [-0.39, 0.29) is 62.0 Å². The summed E-state index contributed by atoms with van der Waals surface area (Å²) < 4.78 is 108. The topological polar surface area (TPSA) is 308 Å². The summed E-state index contributed by atoms with van der Waals surface area (Å²) >= 11 is 1.30. The Kier molecular flexibility index (Phi) is 15.3. The van der Waals surface area contributed by atoms with Gasteiger partial charge in [0.1, 0.15) is 34.0 Å². The van der Waals surface area contributed by atoms with Crippen LogP contribution in [0.5, 0.6) is 11.5 Å². The zero-order valence-corrected chi connectivity index (χ0v) is 33.9. The number of nitrogens with zero attached hydrogens (tertiary/aromatic N) is 5. The quantitative estimate of drug-likeness (QED) is 0.00907. The molecule has 0 saturated carbocycles. The second-order valence-corrected chi connectivity index (χ2v) is 18.1. The molecule has 0 aliphatic rings. The third-order valence-corrected chi connectivity index (χ3v) is 12.3. The number of methoxy groups -OCH3 is 1. The Labute approximate surface area is 334 Å². The van der Waals surface area contributed by atoms with Crippen LogP contribution < -0.4 is 10.5 Å². The first kappa shape index (κ1) is 45.3. The number of benzene rings is 4. The number of hydrogen-bond donors (Lipinski definition) is 5. The van der Waals surface area contributed by atoms with E-state index >= 15 is 0 Å². The monoisotopic (exact) mass is 890 g/mol. The number of nitrogens with two attached hydrogens (primary N) is 1. The molecule has 21 nitrogen and oxygen atoms in total. The summed E-state index contributed by atoms with van der Waals surface area (Å²) in [5, 5.41) is 39.9. The predicted octanol–water partition coefficient (Wildman–Crippen LogP) is 6.64. The minimum Gasteiger partial charge on any atom is -0.505 e. The lowest BCUT2D eigenvalue weighted by Gasteiger charge is -2.17. The Morgan fingerprint density at radius 2 is 1.54 bits per heavy atom. The van der Waals surface area contributed by atoms with Crippen LogP contribution >= 0.6 is 24.1 Å². The molecule has 308 valence electrons. The molecule has 0 heterocycles. The average molecular weight is 891 g/mol. The van der Waals surface area contributed by atoms with Crippen LogP contribution in [0.1, 0.15) is 5.56 Å². The fraction of sp³-hybridized carbons (Fsp3) is 0.226. The van der Waals surface area contributed by atoms with Gasteiger partial charge in [-0.25, -0.2) is 13.7 Å². The lowest BCUT2D eigenvalue weighted by Crippen LogP contribution is -2.30. The summed E-state index contributed by atoms with van der Waals surface area (Å²) in [7, 11) is -10.7. The maximum atomic E-state index is 13.3. The van der Waals surface area contributed by atoms with Gasteiger partial charge in [0, 0.05) is 24.1 Å². The maximum Gasteiger partial charge on any atom is 0.296 e. The number of fused-ring (bicyclic) bond motifs is 1. The molecule has 0 aromatic heterocycles. The molecule has 0 radical (unpaired) electrons. The van der Waals surface area contributed by atoms with Crippen LogP contribution in [0.4, 0.5) is 28.4 Å². The first-order chi connectivity index (χ1) is 26.8. The molecule has 4 rings (SSSR count). The number of nitrogen functional groups attached to an aromatic ring is 1. The molecule has 0 fully saturated rings. The number of sulfone groups is 1. The minimum absolute atomic E-state index is 0.00927. The third-order valence-electron chi connectivity index (χ3n) is 7.63. The molecule has 0 amide bonds. The van der Waals surface area contributed by atoms with Gasteiger partial charge in [0.2, 0.25) is 0 Å². The molecular weight excluding hydrogens is 857 g/mol. The molecule has 0 aliphatic carbocycles. The number of ether oxygens (including phenoxy) is 1. The van der Waals surface area contributed by atoms with Crippen molar-refractivity contribution >= 4 is 93.4 Å². The van der Waals surface area contributed by atoms with Gasteiger partial charge in [-0.2, -0.15) is 21.9 Å². The Balaban J connectivity index is 1.77. The predicted molar refractivity (Wildman–Crippen MR) is 207 cm³/mol. The number of azo groups is 2. The van der Waals surface area contributed by atoms with E-state index in [9.17, 15) is 34.9 Å². The van der Waals surface area contributed by atoms with Crippen molar-refractivity contribution in [1.29, 1.82) is 0 Å². The van der Waals surface area contributed by atoms with Crippen LogP contribution in [0, 0.1) is 6.92 Å². The van der Waals surface area contributed by atoms with Gasteiger partial charge in [-0.15, -0.1) is 24.0 Å². The van der Waals surface area contributed by atoms with Crippen LogP contribution in [-0.2, 0) is 48.7 Å². The minimum atomic E-state index is -5.12. The SMILES string of the molecule is C=COOSc1ccc(N=Nc2c(SOOO)cc3cc(S(=O)(=O)O)c(N=Nc4cc(C)c(S(=O)(=O)CCN(C)CCS(=O)(=O)O)cc4OC)c(O)c3c2N)cc1. The van der Waals surface area contributed by atoms with E-state index in [0.29, 0.717) is 22.6 Å². The van der Waals surface area contributed by atoms with Gasteiger partial charge in [0.15, 0.2) is 15.6 Å². The third kappa shape index (κ3) is 12.0. The van der Waals surface area contributed by atoms with Crippen molar-refractivity contribution in [1.82, 2.24) is 4.90 Å². The van der Waals surface area contributed by atoms with Crippen molar-refractivity contribution in [3.8, 4) is 11.5 Å². The molecular formula is C31H34N6O15S5. The van der Waals surface area contributed by atoms with E-state index in [1.165, 1.54) is 38.1 Å².